The highest BCUT2D eigenvalue weighted by Gasteiger charge is 2.27. The van der Waals surface area contributed by atoms with Crippen LogP contribution in [0, 0.1) is 5.92 Å². The Morgan fingerprint density at radius 2 is 2.14 bits per heavy atom. The van der Waals surface area contributed by atoms with Crippen LogP contribution >= 0.6 is 15.9 Å². The van der Waals surface area contributed by atoms with Crippen LogP contribution in [0.2, 0.25) is 0 Å². The molecule has 76 valence electrons. The van der Waals surface area contributed by atoms with Gasteiger partial charge in [-0.15, -0.1) is 0 Å². The summed E-state index contributed by atoms with van der Waals surface area (Å²) >= 11 is 3.39. The number of hydrogen-bond acceptors (Lipinski definition) is 2. The minimum Gasteiger partial charge on any atom is -0.508 e. The van der Waals surface area contributed by atoms with E-state index in [0.29, 0.717) is 11.7 Å². The predicted octanol–water partition coefficient (Wildman–Crippen LogP) is 2.95. The summed E-state index contributed by atoms with van der Waals surface area (Å²) in [6.45, 7) is 0. The second-order valence-corrected chi connectivity index (χ2v) is 4.84. The Labute approximate surface area is 92.3 Å². The van der Waals surface area contributed by atoms with Crippen LogP contribution in [-0.4, -0.2) is 5.11 Å². The fourth-order valence-corrected chi connectivity index (χ4v) is 2.22. The third-order valence-electron chi connectivity index (χ3n) is 3.01. The molecular weight excluding hydrogens is 242 g/mol. The average molecular weight is 256 g/mol. The van der Waals surface area contributed by atoms with E-state index >= 15 is 0 Å². The van der Waals surface area contributed by atoms with Gasteiger partial charge >= 0.3 is 0 Å². The Morgan fingerprint density at radius 3 is 2.71 bits per heavy atom. The molecule has 1 aliphatic carbocycles. The van der Waals surface area contributed by atoms with Crippen molar-refractivity contribution in [3.05, 3.63) is 28.2 Å². The quantitative estimate of drug-likeness (QED) is 0.854. The molecule has 1 aliphatic rings. The van der Waals surface area contributed by atoms with E-state index in [0.717, 1.165) is 10.0 Å². The second kappa shape index (κ2) is 3.91. The molecule has 1 aromatic rings. The van der Waals surface area contributed by atoms with Gasteiger partial charge in [0.15, 0.2) is 0 Å². The van der Waals surface area contributed by atoms with Gasteiger partial charge in [0.2, 0.25) is 0 Å². The van der Waals surface area contributed by atoms with Gasteiger partial charge in [-0.3, -0.25) is 0 Å². The molecule has 0 heterocycles. The highest BCUT2D eigenvalue weighted by atomic mass is 79.9. The van der Waals surface area contributed by atoms with Crippen molar-refractivity contribution in [2.75, 3.05) is 0 Å². The molecule has 1 atom stereocenters. The van der Waals surface area contributed by atoms with E-state index in [1.165, 1.54) is 19.3 Å². The summed E-state index contributed by atoms with van der Waals surface area (Å²) in [5.41, 5.74) is 6.95. The number of benzene rings is 1. The van der Waals surface area contributed by atoms with Crippen LogP contribution < -0.4 is 5.73 Å². The maximum absolute atomic E-state index is 9.67. The molecule has 1 fully saturated rings. The van der Waals surface area contributed by atoms with Crippen LogP contribution in [0.25, 0.3) is 0 Å². The molecule has 1 aromatic carbocycles. The van der Waals surface area contributed by atoms with E-state index in [9.17, 15) is 5.11 Å². The first kappa shape index (κ1) is 9.99. The monoisotopic (exact) mass is 255 g/mol. The Hall–Kier alpha value is -0.540. The first-order valence-electron chi connectivity index (χ1n) is 4.92. The average Bonchev–Trinajstić information content (AvgIpc) is 2.06. The smallest absolute Gasteiger partial charge is 0.120 e. The van der Waals surface area contributed by atoms with Gasteiger partial charge < -0.3 is 10.8 Å². The molecule has 0 unspecified atom stereocenters. The molecule has 2 nitrogen and oxygen atoms in total. The maximum atomic E-state index is 9.67. The summed E-state index contributed by atoms with van der Waals surface area (Å²) in [6, 6.07) is 5.42. The highest BCUT2D eigenvalue weighted by Crippen LogP contribution is 2.39. The van der Waals surface area contributed by atoms with Gasteiger partial charge in [0.1, 0.15) is 5.75 Å². The zero-order valence-electron chi connectivity index (χ0n) is 7.91. The van der Waals surface area contributed by atoms with Gasteiger partial charge in [0, 0.05) is 16.1 Å². The van der Waals surface area contributed by atoms with E-state index in [2.05, 4.69) is 15.9 Å². The van der Waals surface area contributed by atoms with Crippen molar-refractivity contribution in [2.45, 2.75) is 25.3 Å². The molecular formula is C11H14BrNO. The number of phenolic OH excluding ortho intramolecular Hbond substituents is 1. The largest absolute Gasteiger partial charge is 0.508 e. The van der Waals surface area contributed by atoms with Crippen molar-refractivity contribution in [2.24, 2.45) is 11.7 Å². The number of rotatable bonds is 2. The number of phenols is 1. The van der Waals surface area contributed by atoms with Crippen LogP contribution in [-0.2, 0) is 0 Å². The summed E-state index contributed by atoms with van der Waals surface area (Å²) < 4.78 is 0.972. The lowest BCUT2D eigenvalue weighted by atomic mass is 9.77. The molecule has 2 rings (SSSR count). The van der Waals surface area contributed by atoms with Gasteiger partial charge in [0.05, 0.1) is 0 Å². The molecule has 0 aliphatic heterocycles. The molecule has 3 N–H and O–H groups in total. The molecule has 0 saturated heterocycles. The van der Waals surface area contributed by atoms with E-state index in [1.807, 2.05) is 12.1 Å². The minimum absolute atomic E-state index is 0.0127. The third-order valence-corrected chi connectivity index (χ3v) is 3.50. The van der Waals surface area contributed by atoms with Crippen LogP contribution in [0.4, 0.5) is 0 Å². The zero-order valence-corrected chi connectivity index (χ0v) is 9.50. The van der Waals surface area contributed by atoms with Crippen LogP contribution in [0.5, 0.6) is 5.75 Å². The topological polar surface area (TPSA) is 46.2 Å². The SMILES string of the molecule is N[C@H](c1cc(Br)ccc1O)C1CCC1. The van der Waals surface area contributed by atoms with Gasteiger partial charge in [-0.1, -0.05) is 22.4 Å². The fourth-order valence-electron chi connectivity index (χ4n) is 1.85. The van der Waals surface area contributed by atoms with Crippen molar-refractivity contribution in [1.82, 2.24) is 0 Å². The lowest BCUT2D eigenvalue weighted by Gasteiger charge is -2.31. The van der Waals surface area contributed by atoms with Gasteiger partial charge in [-0.25, -0.2) is 0 Å². The minimum atomic E-state index is -0.0127. The lowest BCUT2D eigenvalue weighted by Crippen LogP contribution is -2.26. The Morgan fingerprint density at radius 1 is 1.43 bits per heavy atom. The van der Waals surface area contributed by atoms with Crippen LogP contribution in [0.3, 0.4) is 0 Å². The van der Waals surface area contributed by atoms with E-state index in [-0.39, 0.29) is 6.04 Å². The predicted molar refractivity (Wildman–Crippen MR) is 60.1 cm³/mol. The molecule has 0 aromatic heterocycles. The summed E-state index contributed by atoms with van der Waals surface area (Å²) in [6.07, 6.45) is 3.65. The standard InChI is InChI=1S/C11H14BrNO/c12-8-4-5-10(14)9(6-8)11(13)7-2-1-3-7/h4-7,11,14H,1-3,13H2/t11-/m0/s1. The summed E-state index contributed by atoms with van der Waals surface area (Å²) in [7, 11) is 0. The first-order valence-corrected chi connectivity index (χ1v) is 5.72. The van der Waals surface area contributed by atoms with Crippen molar-refractivity contribution in [3.63, 3.8) is 0 Å². The summed E-state index contributed by atoms with van der Waals surface area (Å²) in [5, 5.41) is 9.67. The Kier molecular flexibility index (Phi) is 2.79. The second-order valence-electron chi connectivity index (χ2n) is 3.92. The molecule has 0 spiro atoms. The van der Waals surface area contributed by atoms with Crippen molar-refractivity contribution in [1.29, 1.82) is 0 Å². The molecule has 1 saturated carbocycles. The number of hydrogen-bond donors (Lipinski definition) is 2. The number of nitrogens with two attached hydrogens (primary N) is 1. The molecule has 0 bridgehead atoms. The summed E-state index contributed by atoms with van der Waals surface area (Å²) in [4.78, 5) is 0. The van der Waals surface area contributed by atoms with Crippen molar-refractivity contribution < 1.29 is 5.11 Å². The normalized spacial score (nSPS) is 19.0. The number of aromatic hydroxyl groups is 1. The maximum Gasteiger partial charge on any atom is 0.120 e. The fraction of sp³-hybridized carbons (Fsp3) is 0.455. The third kappa shape index (κ3) is 1.79. The summed E-state index contributed by atoms with van der Waals surface area (Å²) in [5.74, 6) is 0.864. The first-order chi connectivity index (χ1) is 6.68. The zero-order chi connectivity index (χ0) is 10.1. The van der Waals surface area contributed by atoms with E-state index in [1.54, 1.807) is 6.07 Å². The van der Waals surface area contributed by atoms with Crippen molar-refractivity contribution >= 4 is 15.9 Å². The molecule has 14 heavy (non-hydrogen) atoms. The Bertz CT molecular complexity index is 336. The van der Waals surface area contributed by atoms with Crippen molar-refractivity contribution in [3.8, 4) is 5.75 Å². The van der Waals surface area contributed by atoms with E-state index in [4.69, 9.17) is 5.73 Å². The molecule has 3 heteroatoms. The lowest BCUT2D eigenvalue weighted by molar-refractivity contribution is 0.260. The molecule has 0 amide bonds. The Balaban J connectivity index is 2.24. The van der Waals surface area contributed by atoms with Gasteiger partial charge in [-0.2, -0.15) is 0 Å². The van der Waals surface area contributed by atoms with E-state index < -0.39 is 0 Å². The van der Waals surface area contributed by atoms with Gasteiger partial charge in [-0.05, 0) is 37.0 Å². The van der Waals surface area contributed by atoms with Gasteiger partial charge in [0.25, 0.3) is 0 Å². The highest BCUT2D eigenvalue weighted by molar-refractivity contribution is 9.10. The molecule has 0 radical (unpaired) electrons. The van der Waals surface area contributed by atoms with Crippen LogP contribution in [0.15, 0.2) is 22.7 Å². The number of halogens is 1. The van der Waals surface area contributed by atoms with Crippen LogP contribution in [0.1, 0.15) is 30.9 Å².